The van der Waals surface area contributed by atoms with Crippen LogP contribution in [-0.2, 0) is 11.4 Å². The van der Waals surface area contributed by atoms with Gasteiger partial charge in [0.15, 0.2) is 11.5 Å². The third-order valence-corrected chi connectivity index (χ3v) is 6.61. The first kappa shape index (κ1) is 25.6. The van der Waals surface area contributed by atoms with Gasteiger partial charge in [0.05, 0.1) is 18.5 Å². The van der Waals surface area contributed by atoms with E-state index in [-0.39, 0.29) is 19.1 Å². The molecule has 5 rings (SSSR count). The lowest BCUT2D eigenvalue weighted by molar-refractivity contribution is -0.119. The quantitative estimate of drug-likeness (QED) is 0.199. The smallest absolute Gasteiger partial charge is 0.260 e. The number of nitrogens with zero attached hydrogens (tertiary/aromatic N) is 2. The summed E-state index contributed by atoms with van der Waals surface area (Å²) in [5, 5.41) is 6.96. The first-order valence-electron chi connectivity index (χ1n) is 11.9. The number of ether oxygens (including phenoxy) is 2. The summed E-state index contributed by atoms with van der Waals surface area (Å²) in [7, 11) is 0. The molecule has 0 radical (unpaired) electrons. The van der Waals surface area contributed by atoms with Crippen LogP contribution < -0.4 is 19.8 Å². The molecular weight excluding hydrogens is 525 g/mol. The minimum absolute atomic E-state index is 0.145. The lowest BCUT2D eigenvalue weighted by Gasteiger charge is -2.16. The van der Waals surface area contributed by atoms with Crippen LogP contribution in [0.2, 0.25) is 10.0 Å². The van der Waals surface area contributed by atoms with Crippen LogP contribution in [-0.4, -0.2) is 31.2 Å². The molecule has 0 saturated carbocycles. The Kier molecular flexibility index (Phi) is 7.49. The summed E-state index contributed by atoms with van der Waals surface area (Å²) in [5.74, 6) is 0.457. The van der Waals surface area contributed by atoms with E-state index in [1.54, 1.807) is 36.4 Å². The number of anilines is 1. The predicted octanol–water partition coefficient (Wildman–Crippen LogP) is 6.23. The van der Waals surface area contributed by atoms with Gasteiger partial charge < -0.3 is 9.47 Å². The van der Waals surface area contributed by atoms with Crippen molar-refractivity contribution in [3.63, 3.8) is 0 Å². The summed E-state index contributed by atoms with van der Waals surface area (Å²) < 4.78 is 11.7. The van der Waals surface area contributed by atoms with E-state index in [0.717, 1.165) is 22.0 Å². The molecule has 1 heterocycles. The number of amides is 2. The Morgan fingerprint density at radius 3 is 2.61 bits per heavy atom. The SMILES string of the molecule is CCOc1cc(/C=N\NC(=O)CN2C(=O)c3cccc4cccc2c34)ccc1OCc1ccc(Cl)cc1Cl. The van der Waals surface area contributed by atoms with Crippen LogP contribution in [0.4, 0.5) is 5.69 Å². The fraction of sp³-hybridized carbons (Fsp3) is 0.138. The second kappa shape index (κ2) is 11.1. The molecule has 0 aliphatic carbocycles. The predicted molar refractivity (Wildman–Crippen MR) is 150 cm³/mol. The molecular formula is C29H23Cl2N3O4. The van der Waals surface area contributed by atoms with E-state index in [9.17, 15) is 9.59 Å². The number of carbonyl (C=O) groups is 2. The summed E-state index contributed by atoms with van der Waals surface area (Å²) in [6.07, 6.45) is 1.50. The molecule has 192 valence electrons. The first-order chi connectivity index (χ1) is 18.4. The van der Waals surface area contributed by atoms with Crippen LogP contribution in [0.1, 0.15) is 28.4 Å². The van der Waals surface area contributed by atoms with E-state index < -0.39 is 5.91 Å². The molecule has 0 spiro atoms. The molecule has 1 aliphatic heterocycles. The first-order valence-corrected chi connectivity index (χ1v) is 12.7. The zero-order valence-corrected chi connectivity index (χ0v) is 21.9. The summed E-state index contributed by atoms with van der Waals surface area (Å²) in [5.41, 5.74) is 5.31. The molecule has 4 aromatic rings. The largest absolute Gasteiger partial charge is 0.490 e. The number of rotatable bonds is 9. The highest BCUT2D eigenvalue weighted by Gasteiger charge is 2.30. The summed E-state index contributed by atoms with van der Waals surface area (Å²) >= 11 is 12.2. The fourth-order valence-electron chi connectivity index (χ4n) is 4.28. The van der Waals surface area contributed by atoms with Crippen molar-refractivity contribution in [1.82, 2.24) is 5.43 Å². The highest BCUT2D eigenvalue weighted by Crippen LogP contribution is 2.37. The maximum Gasteiger partial charge on any atom is 0.260 e. The molecule has 0 unspecified atom stereocenters. The molecule has 0 fully saturated rings. The number of hydrogen-bond acceptors (Lipinski definition) is 5. The second-order valence-electron chi connectivity index (χ2n) is 8.53. The molecule has 7 nitrogen and oxygen atoms in total. The van der Waals surface area contributed by atoms with Crippen molar-refractivity contribution in [1.29, 1.82) is 0 Å². The molecule has 9 heteroatoms. The van der Waals surface area contributed by atoms with Gasteiger partial charge >= 0.3 is 0 Å². The van der Waals surface area contributed by atoms with Gasteiger partial charge in [0.1, 0.15) is 13.2 Å². The maximum absolute atomic E-state index is 12.9. The van der Waals surface area contributed by atoms with Crippen molar-refractivity contribution in [2.75, 3.05) is 18.1 Å². The zero-order valence-electron chi connectivity index (χ0n) is 20.4. The van der Waals surface area contributed by atoms with E-state index in [1.807, 2.05) is 43.3 Å². The Labute approximate surface area is 229 Å². The number of carbonyl (C=O) groups excluding carboxylic acids is 2. The summed E-state index contributed by atoms with van der Waals surface area (Å²) in [4.78, 5) is 27.0. The Hall–Kier alpha value is -4.07. The van der Waals surface area contributed by atoms with Crippen molar-refractivity contribution in [2.45, 2.75) is 13.5 Å². The van der Waals surface area contributed by atoms with Gasteiger partial charge in [-0.3, -0.25) is 14.5 Å². The third kappa shape index (κ3) is 5.30. The standard InChI is InChI=1S/C29H23Cl2N3O4/c1-2-37-26-13-18(9-12-25(26)38-17-20-10-11-21(30)14-23(20)31)15-32-33-27(35)16-34-24-8-4-6-19-5-3-7-22(28(19)24)29(34)36/h3-15H,2,16-17H2,1H3,(H,33,35)/b32-15-. The van der Waals surface area contributed by atoms with E-state index in [2.05, 4.69) is 10.5 Å². The van der Waals surface area contributed by atoms with Gasteiger partial charge in [0.25, 0.3) is 11.8 Å². The van der Waals surface area contributed by atoms with Gasteiger partial charge in [-0.05, 0) is 60.3 Å². The van der Waals surface area contributed by atoms with Crippen LogP contribution in [0.25, 0.3) is 10.8 Å². The van der Waals surface area contributed by atoms with E-state index >= 15 is 0 Å². The molecule has 4 aromatic carbocycles. The van der Waals surface area contributed by atoms with Crippen LogP contribution in [0.15, 0.2) is 77.9 Å². The van der Waals surface area contributed by atoms with Gasteiger partial charge in [-0.25, -0.2) is 5.43 Å². The summed E-state index contributed by atoms with van der Waals surface area (Å²) in [6, 6.07) is 21.8. The monoisotopic (exact) mass is 547 g/mol. The van der Waals surface area contributed by atoms with Gasteiger partial charge in [-0.2, -0.15) is 5.10 Å². The second-order valence-corrected chi connectivity index (χ2v) is 9.37. The molecule has 38 heavy (non-hydrogen) atoms. The normalized spacial score (nSPS) is 12.4. The topological polar surface area (TPSA) is 80.2 Å². The number of nitrogens with one attached hydrogen (secondary N) is 1. The molecule has 0 bridgehead atoms. The molecule has 0 atom stereocenters. The molecule has 2 amide bonds. The van der Waals surface area contributed by atoms with Crippen LogP contribution >= 0.6 is 23.2 Å². The van der Waals surface area contributed by atoms with Crippen LogP contribution in [0, 0.1) is 0 Å². The Balaban J connectivity index is 1.23. The van der Waals surface area contributed by atoms with E-state index in [1.165, 1.54) is 11.1 Å². The van der Waals surface area contributed by atoms with E-state index in [0.29, 0.717) is 39.3 Å². The minimum atomic E-state index is -0.413. The van der Waals surface area contributed by atoms with Crippen LogP contribution in [0.3, 0.4) is 0 Å². The molecule has 1 aliphatic rings. The highest BCUT2D eigenvalue weighted by atomic mass is 35.5. The number of benzene rings is 4. The minimum Gasteiger partial charge on any atom is -0.490 e. The van der Waals surface area contributed by atoms with Crippen molar-refractivity contribution in [3.8, 4) is 11.5 Å². The fourth-order valence-corrected chi connectivity index (χ4v) is 4.74. The van der Waals surface area contributed by atoms with Gasteiger partial charge in [-0.15, -0.1) is 0 Å². The van der Waals surface area contributed by atoms with Gasteiger partial charge in [0, 0.05) is 26.6 Å². The average molecular weight is 548 g/mol. The van der Waals surface area contributed by atoms with Crippen LogP contribution in [0.5, 0.6) is 11.5 Å². The molecule has 0 aromatic heterocycles. The van der Waals surface area contributed by atoms with Crippen molar-refractivity contribution >= 4 is 57.7 Å². The Bertz CT molecular complexity index is 1570. The summed E-state index contributed by atoms with van der Waals surface area (Å²) in [6.45, 7) is 2.41. The number of hydrogen-bond donors (Lipinski definition) is 1. The van der Waals surface area contributed by atoms with Gasteiger partial charge in [-0.1, -0.05) is 53.5 Å². The number of halogens is 2. The van der Waals surface area contributed by atoms with Crippen molar-refractivity contribution < 1.29 is 19.1 Å². The number of hydrazone groups is 1. The zero-order chi connectivity index (χ0) is 26.6. The average Bonchev–Trinajstić information content (AvgIpc) is 3.17. The third-order valence-electron chi connectivity index (χ3n) is 6.02. The van der Waals surface area contributed by atoms with Crippen molar-refractivity contribution in [2.24, 2.45) is 5.10 Å². The lowest BCUT2D eigenvalue weighted by Crippen LogP contribution is -2.37. The van der Waals surface area contributed by atoms with Crippen molar-refractivity contribution in [3.05, 3.63) is 99.5 Å². The highest BCUT2D eigenvalue weighted by molar-refractivity contribution is 6.35. The Morgan fingerprint density at radius 2 is 1.82 bits per heavy atom. The lowest BCUT2D eigenvalue weighted by atomic mass is 10.1. The van der Waals surface area contributed by atoms with E-state index in [4.69, 9.17) is 32.7 Å². The molecule has 1 N–H and O–H groups in total. The van der Waals surface area contributed by atoms with Gasteiger partial charge in [0.2, 0.25) is 0 Å². The maximum atomic E-state index is 12.9. The Morgan fingerprint density at radius 1 is 1.00 bits per heavy atom. The molecule has 0 saturated heterocycles.